The van der Waals surface area contributed by atoms with Crippen molar-refractivity contribution < 1.29 is 14.2 Å². The largest absolute Gasteiger partial charge is 0.473 e. The molecule has 1 aromatic rings. The molecular formula is C24H36N2O3. The van der Waals surface area contributed by atoms with Crippen LogP contribution >= 0.6 is 0 Å². The fourth-order valence-electron chi connectivity index (χ4n) is 3.66. The Bertz CT molecular complexity index is 710. The van der Waals surface area contributed by atoms with Crippen LogP contribution in [0, 0.1) is 23.2 Å². The summed E-state index contributed by atoms with van der Waals surface area (Å²) < 4.78 is 17.7. The van der Waals surface area contributed by atoms with Crippen LogP contribution in [0.1, 0.15) is 79.3 Å². The Labute approximate surface area is 175 Å². The lowest BCUT2D eigenvalue weighted by Gasteiger charge is -2.43. The van der Waals surface area contributed by atoms with Crippen LogP contribution in [0.15, 0.2) is 12.4 Å². The third kappa shape index (κ3) is 6.97. The van der Waals surface area contributed by atoms with Gasteiger partial charge in [0.2, 0.25) is 5.88 Å². The van der Waals surface area contributed by atoms with Crippen LogP contribution in [0.5, 0.6) is 5.88 Å². The van der Waals surface area contributed by atoms with E-state index < -0.39 is 0 Å². The maximum absolute atomic E-state index is 5.93. The zero-order chi connectivity index (χ0) is 21.1. The van der Waals surface area contributed by atoms with Crippen LogP contribution in [-0.4, -0.2) is 40.5 Å². The quantitative estimate of drug-likeness (QED) is 0.508. The lowest BCUT2D eigenvalue weighted by atomic mass is 9.67. The van der Waals surface area contributed by atoms with Crippen LogP contribution in [-0.2, 0) is 9.47 Å². The molecule has 0 spiro atoms. The zero-order valence-electron chi connectivity index (χ0n) is 18.8. The molecule has 3 rings (SSSR count). The van der Waals surface area contributed by atoms with Gasteiger partial charge in [-0.05, 0) is 50.9 Å². The average Bonchev–Trinajstić information content (AvgIpc) is 2.53. The average molecular weight is 401 g/mol. The highest BCUT2D eigenvalue weighted by atomic mass is 16.5. The minimum atomic E-state index is -0.104. The molecule has 0 bridgehead atoms. The van der Waals surface area contributed by atoms with Crippen molar-refractivity contribution in [2.45, 2.75) is 97.6 Å². The molecule has 0 radical (unpaired) electrons. The summed E-state index contributed by atoms with van der Waals surface area (Å²) in [4.78, 5) is 8.65. The van der Waals surface area contributed by atoms with Gasteiger partial charge in [-0.2, -0.15) is 0 Å². The van der Waals surface area contributed by atoms with Crippen molar-refractivity contribution in [1.29, 1.82) is 0 Å². The Kier molecular flexibility index (Phi) is 6.86. The van der Waals surface area contributed by atoms with E-state index in [4.69, 9.17) is 14.2 Å². The number of hydrogen-bond donors (Lipinski definition) is 0. The van der Waals surface area contributed by atoms with Crippen molar-refractivity contribution in [3.05, 3.63) is 18.1 Å². The first-order valence-corrected chi connectivity index (χ1v) is 10.9. The third-order valence-electron chi connectivity index (χ3n) is 5.60. The molecule has 1 aromatic heterocycles. The van der Waals surface area contributed by atoms with E-state index in [1.807, 2.05) is 0 Å². The SMILES string of the molecule is CC(C)(C)OC1CC(Oc2cnc(C#CCCOC3CC(C(C)(C)C)C3)cn2)C1. The second-order valence-corrected chi connectivity index (χ2v) is 10.4. The predicted octanol–water partition coefficient (Wildman–Crippen LogP) is 4.78. The molecule has 2 aliphatic carbocycles. The molecule has 160 valence electrons. The van der Waals surface area contributed by atoms with Gasteiger partial charge in [-0.1, -0.05) is 26.7 Å². The lowest BCUT2D eigenvalue weighted by molar-refractivity contribution is -0.127. The van der Waals surface area contributed by atoms with E-state index in [1.54, 1.807) is 12.4 Å². The van der Waals surface area contributed by atoms with Gasteiger partial charge in [-0.15, -0.1) is 0 Å². The smallest absolute Gasteiger partial charge is 0.232 e. The first kappa shape index (κ1) is 22.1. The van der Waals surface area contributed by atoms with Crippen LogP contribution in [0.25, 0.3) is 0 Å². The maximum Gasteiger partial charge on any atom is 0.232 e. The Hall–Kier alpha value is -1.64. The number of ether oxygens (including phenoxy) is 3. The predicted molar refractivity (Wildman–Crippen MR) is 114 cm³/mol. The second-order valence-electron chi connectivity index (χ2n) is 10.4. The molecule has 1 heterocycles. The highest BCUT2D eigenvalue weighted by molar-refractivity contribution is 5.26. The zero-order valence-corrected chi connectivity index (χ0v) is 18.8. The minimum absolute atomic E-state index is 0.104. The molecule has 2 fully saturated rings. The fourth-order valence-corrected chi connectivity index (χ4v) is 3.66. The highest BCUT2D eigenvalue weighted by Gasteiger charge is 2.37. The second kappa shape index (κ2) is 9.02. The summed E-state index contributed by atoms with van der Waals surface area (Å²) in [6.45, 7) is 13.8. The number of rotatable bonds is 6. The first-order valence-electron chi connectivity index (χ1n) is 10.9. The van der Waals surface area contributed by atoms with Crippen LogP contribution in [0.4, 0.5) is 0 Å². The van der Waals surface area contributed by atoms with Gasteiger partial charge < -0.3 is 14.2 Å². The van der Waals surface area contributed by atoms with E-state index in [-0.39, 0.29) is 17.8 Å². The Morgan fingerprint density at radius 2 is 1.66 bits per heavy atom. The van der Waals surface area contributed by atoms with Crippen LogP contribution < -0.4 is 4.74 Å². The summed E-state index contributed by atoms with van der Waals surface area (Å²) in [5.41, 5.74) is 0.957. The maximum atomic E-state index is 5.93. The summed E-state index contributed by atoms with van der Waals surface area (Å²) in [5.74, 6) is 7.51. The van der Waals surface area contributed by atoms with Crippen molar-refractivity contribution in [3.8, 4) is 17.7 Å². The Morgan fingerprint density at radius 3 is 2.24 bits per heavy atom. The molecule has 2 aliphatic rings. The van der Waals surface area contributed by atoms with Gasteiger partial charge in [0.15, 0.2) is 0 Å². The van der Waals surface area contributed by atoms with E-state index >= 15 is 0 Å². The lowest BCUT2D eigenvalue weighted by Crippen LogP contribution is -2.43. The summed E-state index contributed by atoms with van der Waals surface area (Å²) in [6, 6.07) is 0. The van der Waals surface area contributed by atoms with Gasteiger partial charge in [0.05, 0.1) is 36.8 Å². The van der Waals surface area contributed by atoms with Gasteiger partial charge >= 0.3 is 0 Å². The van der Waals surface area contributed by atoms with E-state index in [1.165, 1.54) is 12.8 Å². The molecule has 5 nitrogen and oxygen atoms in total. The topological polar surface area (TPSA) is 53.5 Å². The molecule has 2 saturated carbocycles. The van der Waals surface area contributed by atoms with Gasteiger partial charge in [0.1, 0.15) is 11.8 Å². The monoisotopic (exact) mass is 400 g/mol. The van der Waals surface area contributed by atoms with Crippen LogP contribution in [0.3, 0.4) is 0 Å². The summed E-state index contributed by atoms with van der Waals surface area (Å²) >= 11 is 0. The molecule has 5 heteroatoms. The van der Waals surface area contributed by atoms with Gasteiger partial charge in [0.25, 0.3) is 0 Å². The molecule has 0 N–H and O–H groups in total. The van der Waals surface area contributed by atoms with Crippen molar-refractivity contribution in [1.82, 2.24) is 9.97 Å². The molecule has 0 aromatic carbocycles. The molecule has 29 heavy (non-hydrogen) atoms. The minimum Gasteiger partial charge on any atom is -0.473 e. The van der Waals surface area contributed by atoms with E-state index in [9.17, 15) is 0 Å². The van der Waals surface area contributed by atoms with Crippen LogP contribution in [0.2, 0.25) is 0 Å². The molecular weight excluding hydrogens is 364 g/mol. The summed E-state index contributed by atoms with van der Waals surface area (Å²) in [7, 11) is 0. The van der Waals surface area contributed by atoms with Crippen molar-refractivity contribution >= 4 is 0 Å². The van der Waals surface area contributed by atoms with Crippen molar-refractivity contribution in [2.75, 3.05) is 6.61 Å². The van der Waals surface area contributed by atoms with E-state index in [0.717, 1.165) is 18.8 Å². The molecule has 0 unspecified atom stereocenters. The first-order chi connectivity index (χ1) is 13.6. The summed E-state index contributed by atoms with van der Waals surface area (Å²) in [5, 5.41) is 0. The van der Waals surface area contributed by atoms with E-state index in [0.29, 0.717) is 36.1 Å². The Morgan fingerprint density at radius 1 is 0.931 bits per heavy atom. The summed E-state index contributed by atoms with van der Waals surface area (Å²) in [6.07, 6.45) is 9.04. The fraction of sp³-hybridized carbons (Fsp3) is 0.750. The normalized spacial score (nSPS) is 26.7. The number of nitrogens with zero attached hydrogens (tertiary/aromatic N) is 2. The molecule has 0 saturated heterocycles. The van der Waals surface area contributed by atoms with Gasteiger partial charge in [-0.25, -0.2) is 9.97 Å². The standard InChI is InChI=1S/C24H36N2O3/c1-23(2,3)17-11-19(12-17)27-10-8-7-9-18-15-26-22(16-25-18)28-20-13-21(14-20)29-24(4,5)6/h15-17,19-21H,8,10-14H2,1-6H3. The van der Waals surface area contributed by atoms with Crippen molar-refractivity contribution in [2.24, 2.45) is 11.3 Å². The molecule has 0 aliphatic heterocycles. The third-order valence-corrected chi connectivity index (χ3v) is 5.60. The Balaban J connectivity index is 1.31. The number of aromatic nitrogens is 2. The van der Waals surface area contributed by atoms with E-state index in [2.05, 4.69) is 63.4 Å². The van der Waals surface area contributed by atoms with Gasteiger partial charge in [0, 0.05) is 19.3 Å². The highest BCUT2D eigenvalue weighted by Crippen LogP contribution is 2.42. The molecule has 0 amide bonds. The molecule has 0 atom stereocenters. The van der Waals surface area contributed by atoms with Crippen molar-refractivity contribution in [3.63, 3.8) is 0 Å². The van der Waals surface area contributed by atoms with Gasteiger partial charge in [-0.3, -0.25) is 0 Å². The number of hydrogen-bond acceptors (Lipinski definition) is 5.